The van der Waals surface area contributed by atoms with Gasteiger partial charge in [-0.1, -0.05) is 12.1 Å². The summed E-state index contributed by atoms with van der Waals surface area (Å²) in [4.78, 5) is 45.6. The Labute approximate surface area is 265 Å². The second-order valence-electron chi connectivity index (χ2n) is 12.6. The van der Waals surface area contributed by atoms with E-state index in [2.05, 4.69) is 39.3 Å². The Hall–Kier alpha value is -4.58. The Kier molecular flexibility index (Phi) is 7.82. The normalized spacial score (nSPS) is 20.8. The Morgan fingerprint density at radius 3 is 2.47 bits per heavy atom. The van der Waals surface area contributed by atoms with Crippen molar-refractivity contribution in [3.05, 3.63) is 59.8 Å². The number of aromatic nitrogens is 2. The van der Waals surface area contributed by atoms with Gasteiger partial charge in [-0.2, -0.15) is 4.98 Å². The van der Waals surface area contributed by atoms with Gasteiger partial charge in [0, 0.05) is 68.5 Å². The first kappa shape index (κ1) is 29.1. The summed E-state index contributed by atoms with van der Waals surface area (Å²) in [7, 11) is 5.31. The highest BCUT2D eigenvalue weighted by Crippen LogP contribution is 2.45. The monoisotopic (exact) mass is 615 g/mol. The van der Waals surface area contributed by atoms with E-state index in [4.69, 9.17) is 14.5 Å². The van der Waals surface area contributed by atoms with Crippen LogP contribution in [-0.4, -0.2) is 91.4 Å². The molecular weight excluding hydrogens is 572 g/mol. The van der Waals surface area contributed by atoms with E-state index in [0.29, 0.717) is 34.3 Å². The van der Waals surface area contributed by atoms with E-state index in [9.17, 15) is 11.0 Å². The van der Waals surface area contributed by atoms with Crippen LogP contribution in [0.5, 0.6) is 5.75 Å². The molecule has 3 amide bonds. The van der Waals surface area contributed by atoms with Gasteiger partial charge in [-0.25, -0.2) is 14.6 Å². The lowest BCUT2D eigenvalue weighted by Gasteiger charge is -2.43. The first-order valence-corrected chi connectivity index (χ1v) is 15.3. The van der Waals surface area contributed by atoms with E-state index in [1.165, 1.54) is 27.5 Å². The molecule has 1 unspecified atom stereocenters. The summed E-state index contributed by atoms with van der Waals surface area (Å²) in [6, 6.07) is 11.6. The number of nitrogens with one attached hydrogen (secondary N) is 1. The zero-order valence-electron chi connectivity index (χ0n) is 27.8. The van der Waals surface area contributed by atoms with Crippen LogP contribution in [0, 0.1) is 0 Å². The number of piperazine rings is 1. The highest BCUT2D eigenvalue weighted by Gasteiger charge is 2.41. The molecule has 1 saturated heterocycles. The van der Waals surface area contributed by atoms with E-state index in [1.807, 2.05) is 12.1 Å². The minimum Gasteiger partial charge on any atom is -0.495 e. The summed E-state index contributed by atoms with van der Waals surface area (Å²) in [5, 5.41) is 3.27. The molecule has 0 saturated carbocycles. The molecule has 1 N–H and O–H groups in total. The number of likely N-dealkylation sites (N-methyl/N-ethyl adjacent to an activating group) is 1. The molecule has 1 atom stereocenters. The molecule has 0 aliphatic carbocycles. The molecule has 6 rings (SSSR count). The van der Waals surface area contributed by atoms with E-state index >= 15 is 0 Å². The first-order valence-electron chi connectivity index (χ1n) is 15.8. The van der Waals surface area contributed by atoms with Gasteiger partial charge in [0.2, 0.25) is 5.95 Å². The van der Waals surface area contributed by atoms with Crippen molar-refractivity contribution in [2.24, 2.45) is 0 Å². The van der Waals surface area contributed by atoms with Crippen molar-refractivity contribution in [1.29, 1.82) is 0 Å². The fourth-order valence-corrected chi connectivity index (χ4v) is 5.97. The molecular formula is C33H42N8O4. The number of ether oxygens (including phenoxy) is 2. The average Bonchev–Trinajstić information content (AvgIpc) is 3.03. The predicted molar refractivity (Wildman–Crippen MR) is 175 cm³/mol. The maximum Gasteiger partial charge on any atom is 0.414 e. The number of nitrogens with zero attached hydrogens (tertiary/aromatic N) is 7. The van der Waals surface area contributed by atoms with Crippen molar-refractivity contribution < 1.29 is 20.4 Å². The Morgan fingerprint density at radius 2 is 1.78 bits per heavy atom. The van der Waals surface area contributed by atoms with Gasteiger partial charge >= 0.3 is 12.1 Å². The summed E-state index contributed by atoms with van der Waals surface area (Å²) in [6.07, 6.45) is 1.34. The highest BCUT2D eigenvalue weighted by molar-refractivity contribution is 5.95. The van der Waals surface area contributed by atoms with Crippen LogP contribution in [0.2, 0.25) is 0 Å². The standard InChI is InChI=1S/C33H42N8O4/c1-33(2,3)45-32(43)40-15-14-26(25-8-7-9-27(44-6)28(25)40)41-21-22-20-34-30(36-29(22)38(5)31(41)42)35-23-10-12-24(13-11-23)39-18-16-37(4)17-19-39/h7-13,20,26H,14-19,21H2,1-6H3,(H,34,35,36)/i26D. The second kappa shape index (κ2) is 12.1. The largest absolute Gasteiger partial charge is 0.495 e. The number of benzene rings is 2. The van der Waals surface area contributed by atoms with Crippen molar-refractivity contribution in [2.45, 2.75) is 45.4 Å². The van der Waals surface area contributed by atoms with Crippen LogP contribution in [0.1, 0.15) is 45.7 Å². The van der Waals surface area contributed by atoms with E-state index in [0.717, 1.165) is 31.9 Å². The molecule has 12 nitrogen and oxygen atoms in total. The lowest BCUT2D eigenvalue weighted by atomic mass is 9.93. The Balaban J connectivity index is 1.24. The molecule has 0 radical (unpaired) electrons. The van der Waals surface area contributed by atoms with Gasteiger partial charge in [0.1, 0.15) is 17.2 Å². The summed E-state index contributed by atoms with van der Waals surface area (Å²) in [6.45, 7) is 9.79. The number of amides is 3. The third-order valence-electron chi connectivity index (χ3n) is 8.31. The number of urea groups is 1. The van der Waals surface area contributed by atoms with Gasteiger partial charge in [-0.3, -0.25) is 9.80 Å². The van der Waals surface area contributed by atoms with Crippen LogP contribution in [0.15, 0.2) is 48.7 Å². The number of hydrogen-bond acceptors (Lipinski definition) is 9. The SMILES string of the molecule is [2H]C1(N2Cc3cnc(Nc4ccc(N5CCN(C)CC5)cc4)nc3N(C)C2=O)CCN(C(=O)OC(C)(C)C)c2c(OC)cccc21. The predicted octanol–water partition coefficient (Wildman–Crippen LogP) is 5.24. The van der Waals surface area contributed by atoms with Crippen molar-refractivity contribution in [1.82, 2.24) is 19.8 Å². The van der Waals surface area contributed by atoms with Crippen LogP contribution in [0.4, 0.5) is 38.4 Å². The molecule has 3 aromatic rings. The van der Waals surface area contributed by atoms with Gasteiger partial charge in [-0.05, 0) is 64.6 Å². The molecule has 1 aromatic heterocycles. The van der Waals surface area contributed by atoms with Gasteiger partial charge in [0.05, 0.1) is 26.7 Å². The molecule has 4 heterocycles. The van der Waals surface area contributed by atoms with Crippen molar-refractivity contribution in [3.8, 4) is 5.75 Å². The van der Waals surface area contributed by atoms with Gasteiger partial charge in [-0.15, -0.1) is 0 Å². The summed E-state index contributed by atoms with van der Waals surface area (Å²) in [5.41, 5.74) is 2.94. The zero-order chi connectivity index (χ0) is 32.8. The number of carbonyl (C=O) groups is 2. The fourth-order valence-electron chi connectivity index (χ4n) is 5.97. The first-order chi connectivity index (χ1) is 21.9. The number of fused-ring (bicyclic) bond motifs is 2. The van der Waals surface area contributed by atoms with Crippen LogP contribution < -0.4 is 24.8 Å². The number of hydrogen-bond donors (Lipinski definition) is 1. The summed E-state index contributed by atoms with van der Waals surface area (Å²) >= 11 is 0. The third kappa shape index (κ3) is 6.19. The van der Waals surface area contributed by atoms with E-state index in [1.54, 1.807) is 52.2 Å². The molecule has 1 fully saturated rings. The summed E-state index contributed by atoms with van der Waals surface area (Å²) in [5.74, 6) is 1.28. The number of rotatable bonds is 5. The number of anilines is 5. The number of methoxy groups -OCH3 is 1. The van der Waals surface area contributed by atoms with Gasteiger partial charge in [0.15, 0.2) is 0 Å². The Morgan fingerprint density at radius 1 is 1.04 bits per heavy atom. The molecule has 2 aromatic carbocycles. The van der Waals surface area contributed by atoms with Crippen molar-refractivity contribution >= 4 is 41.0 Å². The third-order valence-corrected chi connectivity index (χ3v) is 8.31. The van der Waals surface area contributed by atoms with Crippen LogP contribution >= 0.6 is 0 Å². The topological polar surface area (TPSA) is 107 Å². The second-order valence-corrected chi connectivity index (χ2v) is 12.6. The molecule has 0 bridgehead atoms. The number of para-hydroxylation sites is 1. The van der Waals surface area contributed by atoms with Crippen LogP contribution in [-0.2, 0) is 11.3 Å². The maximum absolute atomic E-state index is 13.9. The number of carbonyl (C=O) groups excluding carboxylic acids is 2. The molecule has 3 aliphatic heterocycles. The van der Waals surface area contributed by atoms with E-state index < -0.39 is 17.7 Å². The fraction of sp³-hybridized carbons (Fsp3) is 0.455. The zero-order valence-corrected chi connectivity index (χ0v) is 26.8. The Bertz CT molecular complexity index is 1620. The molecule has 3 aliphatic rings. The average molecular weight is 616 g/mol. The van der Waals surface area contributed by atoms with Crippen molar-refractivity contribution in [3.63, 3.8) is 0 Å². The quantitative estimate of drug-likeness (QED) is 0.413. The maximum atomic E-state index is 13.9. The minimum atomic E-state index is -1.49. The summed E-state index contributed by atoms with van der Waals surface area (Å²) < 4.78 is 21.0. The van der Waals surface area contributed by atoms with Crippen LogP contribution in [0.25, 0.3) is 0 Å². The molecule has 45 heavy (non-hydrogen) atoms. The van der Waals surface area contributed by atoms with Gasteiger partial charge < -0.3 is 29.5 Å². The minimum absolute atomic E-state index is 0.130. The smallest absolute Gasteiger partial charge is 0.414 e. The van der Waals surface area contributed by atoms with E-state index in [-0.39, 0.29) is 25.5 Å². The van der Waals surface area contributed by atoms with Gasteiger partial charge in [0.25, 0.3) is 0 Å². The lowest BCUT2D eigenvalue weighted by molar-refractivity contribution is 0.0571. The molecule has 238 valence electrons. The molecule has 12 heteroatoms. The van der Waals surface area contributed by atoms with Crippen molar-refractivity contribution in [2.75, 3.05) is 73.9 Å². The lowest BCUT2D eigenvalue weighted by Crippen LogP contribution is -2.50. The highest BCUT2D eigenvalue weighted by atomic mass is 16.6. The molecule has 0 spiro atoms. The van der Waals surface area contributed by atoms with Crippen LogP contribution in [0.3, 0.4) is 0 Å².